The predicted octanol–water partition coefficient (Wildman–Crippen LogP) is 4.27. The lowest BCUT2D eigenvalue weighted by Gasteiger charge is -2.54. The minimum atomic E-state index is 0.0285. The van der Waals surface area contributed by atoms with E-state index in [0.717, 1.165) is 56.8 Å². The SMILES string of the molecule is Cc1ccc(CNC(=O)N2CCC23CCOCC3)c(OC(C)CC(C)C)c1. The molecule has 1 aromatic carbocycles. The smallest absolute Gasteiger partial charge is 0.318 e. The zero-order chi connectivity index (χ0) is 19.4. The van der Waals surface area contributed by atoms with Crippen LogP contribution in [0.5, 0.6) is 5.75 Å². The topological polar surface area (TPSA) is 50.8 Å². The van der Waals surface area contributed by atoms with Gasteiger partial charge < -0.3 is 19.7 Å². The van der Waals surface area contributed by atoms with E-state index in [1.165, 1.54) is 5.56 Å². The van der Waals surface area contributed by atoms with Crippen molar-refractivity contribution >= 4 is 6.03 Å². The summed E-state index contributed by atoms with van der Waals surface area (Å²) in [5, 5.41) is 3.11. The van der Waals surface area contributed by atoms with Crippen molar-refractivity contribution in [3.8, 4) is 5.75 Å². The van der Waals surface area contributed by atoms with Crippen molar-refractivity contribution in [2.75, 3.05) is 19.8 Å². The molecule has 1 N–H and O–H groups in total. The van der Waals surface area contributed by atoms with E-state index in [9.17, 15) is 4.79 Å². The van der Waals surface area contributed by atoms with E-state index >= 15 is 0 Å². The third-order valence-electron chi connectivity index (χ3n) is 5.83. The molecule has 150 valence electrons. The molecule has 27 heavy (non-hydrogen) atoms. The molecule has 1 spiro atoms. The van der Waals surface area contributed by atoms with Crippen LogP contribution in [0.1, 0.15) is 57.6 Å². The van der Waals surface area contributed by atoms with Crippen LogP contribution in [-0.4, -0.2) is 42.3 Å². The van der Waals surface area contributed by atoms with Gasteiger partial charge in [0.1, 0.15) is 5.75 Å². The number of benzene rings is 1. The van der Waals surface area contributed by atoms with Gasteiger partial charge >= 0.3 is 6.03 Å². The number of ether oxygens (including phenoxy) is 2. The summed E-state index contributed by atoms with van der Waals surface area (Å²) in [6.07, 6.45) is 4.16. The average molecular weight is 375 g/mol. The van der Waals surface area contributed by atoms with E-state index in [-0.39, 0.29) is 17.7 Å². The van der Waals surface area contributed by atoms with Crippen molar-refractivity contribution in [1.82, 2.24) is 10.2 Å². The maximum Gasteiger partial charge on any atom is 0.318 e. The van der Waals surface area contributed by atoms with Crippen molar-refractivity contribution in [1.29, 1.82) is 0 Å². The minimum absolute atomic E-state index is 0.0285. The summed E-state index contributed by atoms with van der Waals surface area (Å²) >= 11 is 0. The Morgan fingerprint density at radius 1 is 1.26 bits per heavy atom. The molecule has 2 saturated heterocycles. The molecule has 0 aromatic heterocycles. The molecule has 0 aliphatic carbocycles. The highest BCUT2D eigenvalue weighted by Crippen LogP contribution is 2.39. The molecule has 5 heteroatoms. The fourth-order valence-electron chi connectivity index (χ4n) is 4.24. The first-order valence-corrected chi connectivity index (χ1v) is 10.3. The fraction of sp³-hybridized carbons (Fsp3) is 0.682. The van der Waals surface area contributed by atoms with Crippen LogP contribution in [0.3, 0.4) is 0 Å². The Morgan fingerprint density at radius 2 is 2.00 bits per heavy atom. The molecule has 1 unspecified atom stereocenters. The van der Waals surface area contributed by atoms with Gasteiger partial charge in [0.05, 0.1) is 11.6 Å². The molecule has 1 aromatic rings. The number of likely N-dealkylation sites (tertiary alicyclic amines) is 1. The van der Waals surface area contributed by atoms with E-state index in [1.54, 1.807) is 0 Å². The Morgan fingerprint density at radius 3 is 2.63 bits per heavy atom. The number of hydrogen-bond acceptors (Lipinski definition) is 3. The van der Waals surface area contributed by atoms with Crippen molar-refractivity contribution in [2.24, 2.45) is 5.92 Å². The number of nitrogens with zero attached hydrogens (tertiary/aromatic N) is 1. The zero-order valence-electron chi connectivity index (χ0n) is 17.2. The van der Waals surface area contributed by atoms with Crippen LogP contribution in [0.15, 0.2) is 18.2 Å². The van der Waals surface area contributed by atoms with Gasteiger partial charge in [-0.1, -0.05) is 26.0 Å². The highest BCUT2D eigenvalue weighted by atomic mass is 16.5. The van der Waals surface area contributed by atoms with Gasteiger partial charge in [-0.25, -0.2) is 4.79 Å². The van der Waals surface area contributed by atoms with Gasteiger partial charge in [-0.15, -0.1) is 0 Å². The lowest BCUT2D eigenvalue weighted by molar-refractivity contribution is -0.0629. The second-order valence-corrected chi connectivity index (χ2v) is 8.57. The second-order valence-electron chi connectivity index (χ2n) is 8.57. The van der Waals surface area contributed by atoms with Gasteiger partial charge in [0.15, 0.2) is 0 Å². The largest absolute Gasteiger partial charge is 0.490 e. The molecule has 1 atom stereocenters. The lowest BCUT2D eigenvalue weighted by Crippen LogP contribution is -2.66. The van der Waals surface area contributed by atoms with Crippen molar-refractivity contribution in [2.45, 2.75) is 71.6 Å². The predicted molar refractivity (Wildman–Crippen MR) is 107 cm³/mol. The average Bonchev–Trinajstić information content (AvgIpc) is 2.60. The Kier molecular flexibility index (Phi) is 6.30. The van der Waals surface area contributed by atoms with Crippen LogP contribution in [0, 0.1) is 12.8 Å². The summed E-state index contributed by atoms with van der Waals surface area (Å²) in [5.41, 5.74) is 2.23. The monoisotopic (exact) mass is 374 g/mol. The Bertz CT molecular complexity index is 653. The fourth-order valence-corrected chi connectivity index (χ4v) is 4.24. The first-order valence-electron chi connectivity index (χ1n) is 10.3. The minimum Gasteiger partial charge on any atom is -0.490 e. The van der Waals surface area contributed by atoms with Crippen LogP contribution >= 0.6 is 0 Å². The first kappa shape index (κ1) is 20.0. The third kappa shape index (κ3) is 4.75. The van der Waals surface area contributed by atoms with Gasteiger partial charge in [0.2, 0.25) is 0 Å². The Hall–Kier alpha value is -1.75. The molecule has 2 aliphatic heterocycles. The number of rotatable bonds is 6. The third-order valence-corrected chi connectivity index (χ3v) is 5.83. The van der Waals surface area contributed by atoms with E-state index in [4.69, 9.17) is 9.47 Å². The molecule has 2 heterocycles. The second kappa shape index (κ2) is 8.51. The maximum absolute atomic E-state index is 12.8. The lowest BCUT2D eigenvalue weighted by atomic mass is 9.78. The van der Waals surface area contributed by atoms with E-state index in [1.807, 2.05) is 4.90 Å². The summed E-state index contributed by atoms with van der Waals surface area (Å²) in [6, 6.07) is 6.24. The molecule has 0 saturated carbocycles. The van der Waals surface area contributed by atoms with Crippen molar-refractivity contribution in [3.63, 3.8) is 0 Å². The van der Waals surface area contributed by atoms with E-state index in [2.05, 4.69) is 51.2 Å². The summed E-state index contributed by atoms with van der Waals surface area (Å²) in [7, 11) is 0. The molecule has 2 fully saturated rings. The number of nitrogens with one attached hydrogen (secondary N) is 1. The molecule has 5 nitrogen and oxygen atoms in total. The van der Waals surface area contributed by atoms with Crippen LogP contribution in [0.25, 0.3) is 0 Å². The number of hydrogen-bond donors (Lipinski definition) is 1. The molecule has 3 rings (SSSR count). The normalized spacial score (nSPS) is 19.7. The van der Waals surface area contributed by atoms with Crippen molar-refractivity contribution in [3.05, 3.63) is 29.3 Å². The number of carbonyl (C=O) groups is 1. The molecule has 2 amide bonds. The molecular weight excluding hydrogens is 340 g/mol. The molecule has 2 aliphatic rings. The highest BCUT2D eigenvalue weighted by molar-refractivity contribution is 5.76. The first-order chi connectivity index (χ1) is 12.9. The van der Waals surface area contributed by atoms with E-state index in [0.29, 0.717) is 12.5 Å². The Labute approximate surface area is 163 Å². The van der Waals surface area contributed by atoms with Crippen LogP contribution in [0.4, 0.5) is 4.79 Å². The number of carbonyl (C=O) groups excluding carboxylic acids is 1. The number of urea groups is 1. The van der Waals surface area contributed by atoms with Crippen molar-refractivity contribution < 1.29 is 14.3 Å². The van der Waals surface area contributed by atoms with Crippen LogP contribution in [-0.2, 0) is 11.3 Å². The number of aryl methyl sites for hydroxylation is 1. The maximum atomic E-state index is 12.8. The van der Waals surface area contributed by atoms with Gasteiger partial charge in [-0.3, -0.25) is 0 Å². The molecule has 0 radical (unpaired) electrons. The van der Waals surface area contributed by atoms with E-state index < -0.39 is 0 Å². The highest BCUT2D eigenvalue weighted by Gasteiger charge is 2.47. The summed E-state index contributed by atoms with van der Waals surface area (Å²) in [5.74, 6) is 1.47. The summed E-state index contributed by atoms with van der Waals surface area (Å²) < 4.78 is 11.7. The van der Waals surface area contributed by atoms with Crippen LogP contribution < -0.4 is 10.1 Å². The van der Waals surface area contributed by atoms with Crippen LogP contribution in [0.2, 0.25) is 0 Å². The standard InChI is InChI=1S/C22H34N2O3/c1-16(2)13-18(4)27-20-14-17(3)5-6-19(20)15-23-21(25)24-10-7-22(24)8-11-26-12-9-22/h5-6,14,16,18H,7-13,15H2,1-4H3,(H,23,25). The van der Waals surface area contributed by atoms with Gasteiger partial charge in [0, 0.05) is 31.9 Å². The Balaban J connectivity index is 1.61. The molecule has 0 bridgehead atoms. The summed E-state index contributed by atoms with van der Waals surface area (Å²) in [4.78, 5) is 14.8. The van der Waals surface area contributed by atoms with Gasteiger partial charge in [-0.05, 0) is 57.1 Å². The van der Waals surface area contributed by atoms with Gasteiger partial charge in [0.25, 0.3) is 0 Å². The molecular formula is C22H34N2O3. The zero-order valence-corrected chi connectivity index (χ0v) is 17.2. The quantitative estimate of drug-likeness (QED) is 0.809. The number of amides is 2. The summed E-state index contributed by atoms with van der Waals surface area (Å²) in [6.45, 7) is 11.4. The van der Waals surface area contributed by atoms with Gasteiger partial charge in [-0.2, -0.15) is 0 Å².